The van der Waals surface area contributed by atoms with Crippen molar-refractivity contribution < 1.29 is 0 Å². The molecular formula is C18H18N2O. The molecule has 0 aliphatic heterocycles. The summed E-state index contributed by atoms with van der Waals surface area (Å²) in [6, 6.07) is 16.4. The van der Waals surface area contributed by atoms with E-state index in [-0.39, 0.29) is 5.56 Å². The molecule has 0 aliphatic rings. The summed E-state index contributed by atoms with van der Waals surface area (Å²) >= 11 is 0. The van der Waals surface area contributed by atoms with Crippen molar-refractivity contribution in [3.8, 4) is 0 Å². The maximum Gasteiger partial charge on any atom is 0.258 e. The number of nitrogens with zero attached hydrogens (tertiary/aromatic N) is 1. The maximum atomic E-state index is 12.0. The first-order chi connectivity index (χ1) is 10.1. The molecule has 1 unspecified atom stereocenters. The minimum absolute atomic E-state index is 0.0632. The van der Waals surface area contributed by atoms with Crippen molar-refractivity contribution in [1.82, 2.24) is 9.97 Å². The van der Waals surface area contributed by atoms with E-state index >= 15 is 0 Å². The first-order valence-corrected chi connectivity index (χ1v) is 7.18. The zero-order valence-corrected chi connectivity index (χ0v) is 12.3. The van der Waals surface area contributed by atoms with Crippen LogP contribution >= 0.6 is 0 Å². The molecule has 3 heteroatoms. The molecule has 1 N–H and O–H groups in total. The van der Waals surface area contributed by atoms with Gasteiger partial charge in [-0.05, 0) is 42.5 Å². The van der Waals surface area contributed by atoms with E-state index in [0.29, 0.717) is 17.1 Å². The predicted octanol–water partition coefficient (Wildman–Crippen LogP) is 3.58. The fourth-order valence-electron chi connectivity index (χ4n) is 2.68. The number of benzene rings is 2. The molecule has 0 fully saturated rings. The minimum Gasteiger partial charge on any atom is -0.310 e. The molecule has 1 aromatic heterocycles. The number of hydrogen-bond acceptors (Lipinski definition) is 2. The van der Waals surface area contributed by atoms with Crippen molar-refractivity contribution in [2.24, 2.45) is 0 Å². The third kappa shape index (κ3) is 2.87. The fourth-order valence-corrected chi connectivity index (χ4v) is 2.68. The van der Waals surface area contributed by atoms with Gasteiger partial charge in [0, 0.05) is 0 Å². The van der Waals surface area contributed by atoms with E-state index in [1.807, 2.05) is 18.2 Å². The Balaban J connectivity index is 1.93. The van der Waals surface area contributed by atoms with Gasteiger partial charge >= 0.3 is 0 Å². The van der Waals surface area contributed by atoms with Crippen molar-refractivity contribution >= 4 is 10.9 Å². The summed E-state index contributed by atoms with van der Waals surface area (Å²) in [5.74, 6) is 1.07. The van der Waals surface area contributed by atoms with Gasteiger partial charge < -0.3 is 4.98 Å². The number of fused-ring (bicyclic) bond motifs is 1. The Morgan fingerprint density at radius 3 is 2.67 bits per heavy atom. The van der Waals surface area contributed by atoms with E-state index in [1.54, 1.807) is 6.92 Å². The summed E-state index contributed by atoms with van der Waals surface area (Å²) in [7, 11) is 0. The van der Waals surface area contributed by atoms with E-state index in [4.69, 9.17) is 0 Å². The Kier molecular flexibility index (Phi) is 3.57. The maximum absolute atomic E-state index is 12.0. The lowest BCUT2D eigenvalue weighted by Crippen LogP contribution is -2.10. The predicted molar refractivity (Wildman–Crippen MR) is 85.7 cm³/mol. The monoisotopic (exact) mass is 278 g/mol. The molecule has 1 heterocycles. The third-order valence-corrected chi connectivity index (χ3v) is 3.80. The van der Waals surface area contributed by atoms with E-state index in [2.05, 4.69) is 47.2 Å². The molecule has 0 radical (unpaired) electrons. The van der Waals surface area contributed by atoms with Crippen LogP contribution in [0.25, 0.3) is 10.9 Å². The Bertz CT molecular complexity index is 821. The average molecular weight is 278 g/mol. The number of rotatable bonds is 3. The van der Waals surface area contributed by atoms with Crippen LogP contribution in [-0.4, -0.2) is 9.97 Å². The Labute approximate surface area is 123 Å². The van der Waals surface area contributed by atoms with Gasteiger partial charge in [0.1, 0.15) is 5.82 Å². The van der Waals surface area contributed by atoms with Crippen LogP contribution < -0.4 is 5.56 Å². The number of H-pyrrole nitrogens is 1. The van der Waals surface area contributed by atoms with E-state index in [9.17, 15) is 4.79 Å². The topological polar surface area (TPSA) is 45.8 Å². The molecule has 21 heavy (non-hydrogen) atoms. The highest BCUT2D eigenvalue weighted by molar-refractivity contribution is 5.78. The molecule has 0 saturated carbocycles. The number of aryl methyl sites for hydroxylation is 1. The Hall–Kier alpha value is -2.42. The van der Waals surface area contributed by atoms with Crippen molar-refractivity contribution in [3.05, 3.63) is 75.8 Å². The highest BCUT2D eigenvalue weighted by atomic mass is 16.1. The number of nitrogens with one attached hydrogen (secondary N) is 1. The van der Waals surface area contributed by atoms with Crippen molar-refractivity contribution in [1.29, 1.82) is 0 Å². The third-order valence-electron chi connectivity index (χ3n) is 3.80. The summed E-state index contributed by atoms with van der Waals surface area (Å²) in [5.41, 5.74) is 3.17. The van der Waals surface area contributed by atoms with Crippen LogP contribution in [0.4, 0.5) is 0 Å². The van der Waals surface area contributed by atoms with Gasteiger partial charge in [-0.15, -0.1) is 0 Å². The average Bonchev–Trinajstić information content (AvgIpc) is 2.48. The van der Waals surface area contributed by atoms with Gasteiger partial charge in [0.05, 0.1) is 10.9 Å². The molecule has 0 aliphatic carbocycles. The van der Waals surface area contributed by atoms with Crippen molar-refractivity contribution in [3.63, 3.8) is 0 Å². The van der Waals surface area contributed by atoms with Crippen LogP contribution in [0.5, 0.6) is 0 Å². The highest BCUT2D eigenvalue weighted by Crippen LogP contribution is 2.21. The molecule has 0 amide bonds. The summed E-state index contributed by atoms with van der Waals surface area (Å²) in [6.45, 7) is 4.00. The second kappa shape index (κ2) is 5.52. The van der Waals surface area contributed by atoms with Gasteiger partial charge in [0.2, 0.25) is 0 Å². The molecule has 106 valence electrons. The Morgan fingerprint density at radius 1 is 1.14 bits per heavy atom. The lowest BCUT2D eigenvalue weighted by atomic mass is 9.93. The molecule has 0 bridgehead atoms. The van der Waals surface area contributed by atoms with E-state index < -0.39 is 0 Å². The van der Waals surface area contributed by atoms with Gasteiger partial charge in [-0.1, -0.05) is 43.3 Å². The SMILES string of the molecule is Cc1nc2ccc(CC(C)c3ccccc3)cc2c(=O)[nH]1. The van der Waals surface area contributed by atoms with Crippen LogP contribution in [0, 0.1) is 6.92 Å². The second-order valence-electron chi connectivity index (χ2n) is 5.52. The van der Waals surface area contributed by atoms with Gasteiger partial charge in [-0.2, -0.15) is 0 Å². The standard InChI is InChI=1S/C18H18N2O/c1-12(15-6-4-3-5-7-15)10-14-8-9-17-16(11-14)18(21)20-13(2)19-17/h3-9,11-12H,10H2,1-2H3,(H,19,20,21). The van der Waals surface area contributed by atoms with Crippen LogP contribution in [0.1, 0.15) is 29.8 Å². The molecule has 1 atom stereocenters. The highest BCUT2D eigenvalue weighted by Gasteiger charge is 2.08. The van der Waals surface area contributed by atoms with Crippen molar-refractivity contribution in [2.75, 3.05) is 0 Å². The molecule has 0 saturated heterocycles. The van der Waals surface area contributed by atoms with Crippen LogP contribution in [0.2, 0.25) is 0 Å². The van der Waals surface area contributed by atoms with Gasteiger partial charge in [-0.25, -0.2) is 4.98 Å². The minimum atomic E-state index is -0.0632. The zero-order chi connectivity index (χ0) is 14.8. The van der Waals surface area contributed by atoms with Gasteiger partial charge in [-0.3, -0.25) is 4.79 Å². The largest absolute Gasteiger partial charge is 0.310 e. The molecule has 3 nitrogen and oxygen atoms in total. The first-order valence-electron chi connectivity index (χ1n) is 7.18. The summed E-state index contributed by atoms with van der Waals surface area (Å²) in [4.78, 5) is 19.1. The van der Waals surface area contributed by atoms with E-state index in [0.717, 1.165) is 17.5 Å². The molecule has 3 aromatic rings. The summed E-state index contributed by atoms with van der Waals surface area (Å²) < 4.78 is 0. The fraction of sp³-hybridized carbons (Fsp3) is 0.222. The summed E-state index contributed by atoms with van der Waals surface area (Å²) in [6.07, 6.45) is 0.910. The van der Waals surface area contributed by atoms with Gasteiger partial charge in [0.25, 0.3) is 5.56 Å². The van der Waals surface area contributed by atoms with Crippen LogP contribution in [0.3, 0.4) is 0 Å². The number of aromatic nitrogens is 2. The van der Waals surface area contributed by atoms with Crippen molar-refractivity contribution in [2.45, 2.75) is 26.2 Å². The molecule has 2 aromatic carbocycles. The van der Waals surface area contributed by atoms with E-state index in [1.165, 1.54) is 5.56 Å². The number of aromatic amines is 1. The second-order valence-corrected chi connectivity index (χ2v) is 5.52. The van der Waals surface area contributed by atoms with Gasteiger partial charge in [0.15, 0.2) is 0 Å². The number of hydrogen-bond donors (Lipinski definition) is 1. The normalized spacial score (nSPS) is 12.5. The van der Waals surface area contributed by atoms with Crippen LogP contribution in [0.15, 0.2) is 53.3 Å². The molecule has 0 spiro atoms. The smallest absolute Gasteiger partial charge is 0.258 e. The first kappa shape index (κ1) is 13.6. The molecular weight excluding hydrogens is 260 g/mol. The molecule has 3 rings (SSSR count). The summed E-state index contributed by atoms with van der Waals surface area (Å²) in [5, 5.41) is 0.665. The lowest BCUT2D eigenvalue weighted by molar-refractivity contribution is 0.760. The Morgan fingerprint density at radius 2 is 1.90 bits per heavy atom. The van der Waals surface area contributed by atoms with Crippen LogP contribution in [-0.2, 0) is 6.42 Å². The lowest BCUT2D eigenvalue weighted by Gasteiger charge is -2.12. The zero-order valence-electron chi connectivity index (χ0n) is 12.3. The quantitative estimate of drug-likeness (QED) is 0.796.